The summed E-state index contributed by atoms with van der Waals surface area (Å²) >= 11 is 5.90. The van der Waals surface area contributed by atoms with Crippen LogP contribution in [0.15, 0.2) is 18.2 Å². The minimum Gasteiger partial charge on any atom is -0.387 e. The highest BCUT2D eigenvalue weighted by Gasteiger charge is 2.18. The van der Waals surface area contributed by atoms with Crippen molar-refractivity contribution in [2.75, 3.05) is 32.6 Å². The summed E-state index contributed by atoms with van der Waals surface area (Å²) < 4.78 is 4.84. The number of carbonyl (C=O) groups is 2. The first-order chi connectivity index (χ1) is 9.99. The maximum atomic E-state index is 12.2. The lowest BCUT2D eigenvalue weighted by molar-refractivity contribution is -0.122. The van der Waals surface area contributed by atoms with Gasteiger partial charge in [0, 0.05) is 31.4 Å². The van der Waals surface area contributed by atoms with Crippen LogP contribution in [0.2, 0.25) is 5.02 Å². The number of halogens is 1. The Morgan fingerprint density at radius 2 is 2.10 bits per heavy atom. The number of carbonyl (C=O) groups excluding carboxylic acids is 2. The Balaban J connectivity index is 2.68. The number of ether oxygens (including phenoxy) is 1. The Labute approximate surface area is 129 Å². The highest BCUT2D eigenvalue weighted by molar-refractivity contribution is 6.31. The molecular formula is C14H20ClN3O3. The molecule has 116 valence electrons. The van der Waals surface area contributed by atoms with Gasteiger partial charge in [-0.15, -0.1) is 0 Å². The van der Waals surface area contributed by atoms with Gasteiger partial charge in [-0.3, -0.25) is 9.59 Å². The number of nitrogens with one attached hydrogen (secondary N) is 3. The van der Waals surface area contributed by atoms with Gasteiger partial charge in [0.1, 0.15) is 6.04 Å². The van der Waals surface area contributed by atoms with E-state index in [2.05, 4.69) is 16.0 Å². The average Bonchev–Trinajstić information content (AvgIpc) is 2.47. The standard InChI is InChI=1S/C14H20ClN3O3/c1-9(13(19)17-6-7-21-3)18-14(20)11-8-10(15)4-5-12(11)16-2/h4-5,8-9,16H,6-7H2,1-3H3,(H,17,19)(H,18,20). The molecule has 7 heteroatoms. The van der Waals surface area contributed by atoms with E-state index in [-0.39, 0.29) is 11.8 Å². The fraction of sp³-hybridized carbons (Fsp3) is 0.429. The molecule has 0 aromatic heterocycles. The van der Waals surface area contributed by atoms with Crippen molar-refractivity contribution < 1.29 is 14.3 Å². The van der Waals surface area contributed by atoms with Crippen LogP contribution in [0, 0.1) is 0 Å². The molecule has 1 aromatic carbocycles. The second-order valence-corrected chi connectivity index (χ2v) is 4.86. The Hall–Kier alpha value is -1.79. The van der Waals surface area contributed by atoms with Crippen molar-refractivity contribution in [2.24, 2.45) is 0 Å². The number of benzene rings is 1. The van der Waals surface area contributed by atoms with Crippen LogP contribution in [-0.2, 0) is 9.53 Å². The molecule has 0 heterocycles. The summed E-state index contributed by atoms with van der Waals surface area (Å²) in [4.78, 5) is 24.0. The van der Waals surface area contributed by atoms with Crippen LogP contribution in [0.4, 0.5) is 5.69 Å². The van der Waals surface area contributed by atoms with Crippen molar-refractivity contribution >= 4 is 29.1 Å². The molecule has 0 aliphatic carbocycles. The van der Waals surface area contributed by atoms with E-state index >= 15 is 0 Å². The third kappa shape index (κ3) is 5.24. The number of anilines is 1. The maximum absolute atomic E-state index is 12.2. The lowest BCUT2D eigenvalue weighted by atomic mass is 10.1. The molecule has 1 rings (SSSR count). The molecule has 0 saturated carbocycles. The van der Waals surface area contributed by atoms with Crippen molar-refractivity contribution in [2.45, 2.75) is 13.0 Å². The number of rotatable bonds is 7. The Kier molecular flexibility index (Phi) is 6.98. The van der Waals surface area contributed by atoms with Gasteiger partial charge < -0.3 is 20.7 Å². The monoisotopic (exact) mass is 313 g/mol. The predicted molar refractivity (Wildman–Crippen MR) is 82.8 cm³/mol. The van der Waals surface area contributed by atoms with E-state index in [1.165, 1.54) is 0 Å². The summed E-state index contributed by atoms with van der Waals surface area (Å²) in [5, 5.41) is 8.66. The van der Waals surface area contributed by atoms with E-state index in [9.17, 15) is 9.59 Å². The van der Waals surface area contributed by atoms with E-state index in [1.807, 2.05) is 0 Å². The van der Waals surface area contributed by atoms with Gasteiger partial charge in [-0.25, -0.2) is 0 Å². The van der Waals surface area contributed by atoms with Gasteiger partial charge in [0.05, 0.1) is 12.2 Å². The Morgan fingerprint density at radius 3 is 2.71 bits per heavy atom. The van der Waals surface area contributed by atoms with E-state index in [0.717, 1.165) is 0 Å². The molecule has 0 radical (unpaired) electrons. The number of methoxy groups -OCH3 is 1. The molecule has 3 N–H and O–H groups in total. The van der Waals surface area contributed by atoms with Crippen LogP contribution in [-0.4, -0.2) is 45.2 Å². The Morgan fingerprint density at radius 1 is 1.38 bits per heavy atom. The highest BCUT2D eigenvalue weighted by atomic mass is 35.5. The molecule has 1 aromatic rings. The van der Waals surface area contributed by atoms with Gasteiger partial charge in [0.2, 0.25) is 5.91 Å². The largest absolute Gasteiger partial charge is 0.387 e. The second-order valence-electron chi connectivity index (χ2n) is 4.42. The molecule has 1 atom stereocenters. The number of hydrogen-bond donors (Lipinski definition) is 3. The predicted octanol–water partition coefficient (Wildman–Crippen LogP) is 1.26. The third-order valence-electron chi connectivity index (χ3n) is 2.84. The summed E-state index contributed by atoms with van der Waals surface area (Å²) in [5.41, 5.74) is 1.03. The number of amides is 2. The zero-order chi connectivity index (χ0) is 15.8. The van der Waals surface area contributed by atoms with Gasteiger partial charge in [0.15, 0.2) is 0 Å². The van der Waals surface area contributed by atoms with E-state index in [1.54, 1.807) is 39.3 Å². The fourth-order valence-corrected chi connectivity index (χ4v) is 1.86. The first kappa shape index (κ1) is 17.3. The topological polar surface area (TPSA) is 79.5 Å². The van der Waals surface area contributed by atoms with Crippen molar-refractivity contribution in [1.29, 1.82) is 0 Å². The molecule has 0 saturated heterocycles. The molecule has 0 aliphatic heterocycles. The van der Waals surface area contributed by atoms with Gasteiger partial charge in [0.25, 0.3) is 5.91 Å². The third-order valence-corrected chi connectivity index (χ3v) is 3.08. The van der Waals surface area contributed by atoms with E-state index < -0.39 is 6.04 Å². The van der Waals surface area contributed by atoms with Crippen LogP contribution in [0.3, 0.4) is 0 Å². The molecule has 6 nitrogen and oxygen atoms in total. The van der Waals surface area contributed by atoms with Gasteiger partial charge in [-0.2, -0.15) is 0 Å². The molecule has 2 amide bonds. The molecule has 0 spiro atoms. The van der Waals surface area contributed by atoms with Crippen LogP contribution in [0.5, 0.6) is 0 Å². The van der Waals surface area contributed by atoms with E-state index in [4.69, 9.17) is 16.3 Å². The SMILES string of the molecule is CNc1ccc(Cl)cc1C(=O)NC(C)C(=O)NCCOC. The fourth-order valence-electron chi connectivity index (χ4n) is 1.69. The molecule has 21 heavy (non-hydrogen) atoms. The average molecular weight is 314 g/mol. The molecule has 0 bridgehead atoms. The van der Waals surface area contributed by atoms with Crippen molar-refractivity contribution in [3.05, 3.63) is 28.8 Å². The molecular weight excluding hydrogens is 294 g/mol. The second kappa shape index (κ2) is 8.49. The zero-order valence-electron chi connectivity index (χ0n) is 12.3. The van der Waals surface area contributed by atoms with Gasteiger partial charge in [-0.1, -0.05) is 11.6 Å². The smallest absolute Gasteiger partial charge is 0.254 e. The number of hydrogen-bond acceptors (Lipinski definition) is 4. The summed E-state index contributed by atoms with van der Waals surface area (Å²) in [6.45, 7) is 2.43. The van der Waals surface area contributed by atoms with Gasteiger partial charge >= 0.3 is 0 Å². The molecule has 0 fully saturated rings. The van der Waals surface area contributed by atoms with Crippen LogP contribution >= 0.6 is 11.6 Å². The summed E-state index contributed by atoms with van der Waals surface area (Å²) in [5.74, 6) is -0.635. The van der Waals surface area contributed by atoms with Crippen molar-refractivity contribution in [3.63, 3.8) is 0 Å². The zero-order valence-corrected chi connectivity index (χ0v) is 13.1. The minimum atomic E-state index is -0.655. The van der Waals surface area contributed by atoms with Crippen LogP contribution < -0.4 is 16.0 Å². The summed E-state index contributed by atoms with van der Waals surface area (Å²) in [6.07, 6.45) is 0. The first-order valence-electron chi connectivity index (χ1n) is 6.54. The molecule has 1 unspecified atom stereocenters. The van der Waals surface area contributed by atoms with Gasteiger partial charge in [-0.05, 0) is 25.1 Å². The minimum absolute atomic E-state index is 0.270. The Bertz CT molecular complexity index is 508. The summed E-state index contributed by atoms with van der Waals surface area (Å²) in [7, 11) is 3.26. The lowest BCUT2D eigenvalue weighted by Crippen LogP contribution is -2.45. The van der Waals surface area contributed by atoms with Crippen molar-refractivity contribution in [1.82, 2.24) is 10.6 Å². The van der Waals surface area contributed by atoms with Crippen LogP contribution in [0.25, 0.3) is 0 Å². The maximum Gasteiger partial charge on any atom is 0.254 e. The van der Waals surface area contributed by atoms with E-state index in [0.29, 0.717) is 29.4 Å². The molecule has 0 aliphatic rings. The highest BCUT2D eigenvalue weighted by Crippen LogP contribution is 2.20. The normalized spacial score (nSPS) is 11.6. The lowest BCUT2D eigenvalue weighted by Gasteiger charge is -2.15. The van der Waals surface area contributed by atoms with Crippen LogP contribution in [0.1, 0.15) is 17.3 Å². The summed E-state index contributed by atoms with van der Waals surface area (Å²) in [6, 6.07) is 4.29. The first-order valence-corrected chi connectivity index (χ1v) is 6.92. The van der Waals surface area contributed by atoms with Crippen molar-refractivity contribution in [3.8, 4) is 0 Å². The quantitative estimate of drug-likeness (QED) is 0.662.